The van der Waals surface area contributed by atoms with Crippen LogP contribution in [-0.4, -0.2) is 15.8 Å². The minimum absolute atomic E-state index is 0.769. The van der Waals surface area contributed by atoms with Gasteiger partial charge in [-0.1, -0.05) is 46.3 Å². The van der Waals surface area contributed by atoms with Crippen molar-refractivity contribution in [3.63, 3.8) is 0 Å². The quantitative estimate of drug-likeness (QED) is 0.281. The van der Waals surface area contributed by atoms with E-state index in [0.29, 0.717) is 0 Å². The summed E-state index contributed by atoms with van der Waals surface area (Å²) in [6.45, 7) is 4.21. The van der Waals surface area contributed by atoms with E-state index >= 15 is 0 Å². The third kappa shape index (κ3) is 3.93. The predicted octanol–water partition coefficient (Wildman–Crippen LogP) is 6.43. The van der Waals surface area contributed by atoms with Gasteiger partial charge >= 0.3 is 0 Å². The first kappa shape index (κ1) is 18.7. The maximum Gasteiger partial charge on any atom is 0.203 e. The van der Waals surface area contributed by atoms with Crippen LogP contribution in [0.3, 0.4) is 0 Å². The van der Waals surface area contributed by atoms with E-state index in [1.165, 1.54) is 5.69 Å². The Labute approximate surface area is 176 Å². The molecule has 4 nitrogen and oxygen atoms in total. The number of nitrogens with zero attached hydrogens (tertiary/aromatic N) is 3. The number of hydrogen-bond acceptors (Lipinski definition) is 4. The van der Waals surface area contributed by atoms with Crippen molar-refractivity contribution in [2.24, 2.45) is 5.10 Å². The normalized spacial score (nSPS) is 11.2. The van der Waals surface area contributed by atoms with E-state index in [1.54, 1.807) is 11.3 Å². The lowest BCUT2D eigenvalue weighted by molar-refractivity contribution is 0.965. The second-order valence-corrected chi connectivity index (χ2v) is 8.19. The van der Waals surface area contributed by atoms with Crippen LogP contribution in [0.25, 0.3) is 16.9 Å². The molecule has 0 fully saturated rings. The number of aryl methyl sites for hydroxylation is 1. The second-order valence-electron chi connectivity index (χ2n) is 6.41. The lowest BCUT2D eigenvalue weighted by Gasteiger charge is -2.08. The van der Waals surface area contributed by atoms with Gasteiger partial charge in [0.25, 0.3) is 0 Å². The molecule has 6 heteroatoms. The first-order chi connectivity index (χ1) is 13.6. The highest BCUT2D eigenvalue weighted by molar-refractivity contribution is 9.10. The van der Waals surface area contributed by atoms with Crippen LogP contribution in [0.4, 0.5) is 5.13 Å². The van der Waals surface area contributed by atoms with Crippen molar-refractivity contribution in [2.75, 3.05) is 5.43 Å². The van der Waals surface area contributed by atoms with Crippen LogP contribution in [-0.2, 0) is 0 Å². The molecule has 4 aromatic rings. The predicted molar refractivity (Wildman–Crippen MR) is 122 cm³/mol. The van der Waals surface area contributed by atoms with Gasteiger partial charge in [-0.2, -0.15) is 5.10 Å². The molecule has 0 spiro atoms. The van der Waals surface area contributed by atoms with E-state index in [1.807, 2.05) is 41.9 Å². The Kier molecular flexibility index (Phi) is 5.41. The summed E-state index contributed by atoms with van der Waals surface area (Å²) >= 11 is 5.00. The molecule has 1 N–H and O–H groups in total. The van der Waals surface area contributed by atoms with E-state index in [2.05, 4.69) is 80.2 Å². The number of para-hydroxylation sites is 1. The summed E-state index contributed by atoms with van der Waals surface area (Å²) in [6.07, 6.45) is 1.85. The summed E-state index contributed by atoms with van der Waals surface area (Å²) < 4.78 is 3.29. The number of rotatable bonds is 5. The summed E-state index contributed by atoms with van der Waals surface area (Å²) in [5.74, 6) is 0. The maximum atomic E-state index is 4.61. The number of anilines is 1. The third-order valence-electron chi connectivity index (χ3n) is 4.49. The van der Waals surface area contributed by atoms with Gasteiger partial charge in [0.1, 0.15) is 0 Å². The molecule has 0 radical (unpaired) electrons. The molecule has 0 aliphatic carbocycles. The smallest absolute Gasteiger partial charge is 0.203 e. The standard InChI is InChI=1S/C22H19BrN4S/c1-15-12-18(16(2)27(15)20-6-4-3-5-7-20)13-24-26-22-25-21(14-28-22)17-8-10-19(23)11-9-17/h3-14H,1-2H3,(H,25,26)/b24-13-. The molecule has 140 valence electrons. The Balaban J connectivity index is 1.50. The van der Waals surface area contributed by atoms with Crippen molar-refractivity contribution in [3.8, 4) is 16.9 Å². The van der Waals surface area contributed by atoms with Gasteiger partial charge in [0.15, 0.2) is 0 Å². The van der Waals surface area contributed by atoms with E-state index in [-0.39, 0.29) is 0 Å². The average Bonchev–Trinajstić information content (AvgIpc) is 3.28. The molecule has 2 aromatic carbocycles. The summed E-state index contributed by atoms with van der Waals surface area (Å²) in [6, 6.07) is 20.6. The van der Waals surface area contributed by atoms with Crippen LogP contribution in [0.2, 0.25) is 0 Å². The minimum Gasteiger partial charge on any atom is -0.318 e. The SMILES string of the molecule is Cc1cc(/C=N\Nc2nc(-c3ccc(Br)cc3)cs2)c(C)n1-c1ccccc1. The number of thiazole rings is 1. The summed E-state index contributed by atoms with van der Waals surface area (Å²) in [5.41, 5.74) is 9.65. The molecular weight excluding hydrogens is 432 g/mol. The van der Waals surface area contributed by atoms with Crippen LogP contribution in [0, 0.1) is 13.8 Å². The van der Waals surface area contributed by atoms with Gasteiger partial charge < -0.3 is 4.57 Å². The monoisotopic (exact) mass is 450 g/mol. The minimum atomic E-state index is 0.769. The van der Waals surface area contributed by atoms with E-state index in [0.717, 1.165) is 37.8 Å². The molecule has 0 saturated heterocycles. The summed E-state index contributed by atoms with van der Waals surface area (Å²) in [4.78, 5) is 4.61. The Morgan fingerprint density at radius 1 is 1.07 bits per heavy atom. The van der Waals surface area contributed by atoms with Crippen LogP contribution in [0.15, 0.2) is 75.6 Å². The number of aromatic nitrogens is 2. The maximum absolute atomic E-state index is 4.61. The van der Waals surface area contributed by atoms with Crippen molar-refractivity contribution < 1.29 is 0 Å². The molecule has 0 aliphatic rings. The largest absolute Gasteiger partial charge is 0.318 e. The van der Waals surface area contributed by atoms with Gasteiger partial charge in [-0.3, -0.25) is 5.43 Å². The highest BCUT2D eigenvalue weighted by Crippen LogP contribution is 2.26. The Bertz CT molecular complexity index is 1110. The van der Waals surface area contributed by atoms with Crippen molar-refractivity contribution in [1.29, 1.82) is 0 Å². The zero-order valence-electron chi connectivity index (χ0n) is 15.6. The van der Waals surface area contributed by atoms with Gasteiger partial charge in [0.05, 0.1) is 11.9 Å². The Hall–Kier alpha value is -2.70. The van der Waals surface area contributed by atoms with E-state index in [9.17, 15) is 0 Å². The number of hydrogen-bond donors (Lipinski definition) is 1. The van der Waals surface area contributed by atoms with Gasteiger partial charge in [-0.15, -0.1) is 11.3 Å². The lowest BCUT2D eigenvalue weighted by Crippen LogP contribution is -1.99. The molecule has 0 saturated carbocycles. The number of nitrogens with one attached hydrogen (secondary N) is 1. The average molecular weight is 451 g/mol. The molecule has 0 aliphatic heterocycles. The van der Waals surface area contributed by atoms with Crippen LogP contribution in [0.5, 0.6) is 0 Å². The molecule has 2 aromatic heterocycles. The zero-order chi connectivity index (χ0) is 19.5. The molecule has 28 heavy (non-hydrogen) atoms. The fraction of sp³-hybridized carbons (Fsp3) is 0.0909. The van der Waals surface area contributed by atoms with Crippen molar-refractivity contribution in [2.45, 2.75) is 13.8 Å². The van der Waals surface area contributed by atoms with Crippen LogP contribution in [0.1, 0.15) is 17.0 Å². The Morgan fingerprint density at radius 2 is 1.82 bits per heavy atom. The molecular formula is C22H19BrN4S. The zero-order valence-corrected chi connectivity index (χ0v) is 18.0. The molecule has 0 unspecified atom stereocenters. The number of halogens is 1. The summed E-state index contributed by atoms with van der Waals surface area (Å²) in [5, 5.41) is 7.19. The topological polar surface area (TPSA) is 42.2 Å². The second kappa shape index (κ2) is 8.12. The van der Waals surface area contributed by atoms with Gasteiger partial charge in [0, 0.05) is 38.1 Å². The van der Waals surface area contributed by atoms with Gasteiger partial charge in [0.2, 0.25) is 5.13 Å². The molecule has 0 amide bonds. The van der Waals surface area contributed by atoms with Gasteiger partial charge in [-0.05, 0) is 44.2 Å². The number of hydrazone groups is 1. The highest BCUT2D eigenvalue weighted by Gasteiger charge is 2.09. The van der Waals surface area contributed by atoms with Crippen molar-refractivity contribution in [3.05, 3.63) is 87.5 Å². The van der Waals surface area contributed by atoms with Crippen LogP contribution < -0.4 is 5.43 Å². The van der Waals surface area contributed by atoms with Crippen molar-refractivity contribution in [1.82, 2.24) is 9.55 Å². The fourth-order valence-corrected chi connectivity index (χ4v) is 4.06. The number of benzene rings is 2. The molecule has 0 bridgehead atoms. The summed E-state index contributed by atoms with van der Waals surface area (Å²) in [7, 11) is 0. The first-order valence-corrected chi connectivity index (χ1v) is 10.5. The lowest BCUT2D eigenvalue weighted by atomic mass is 10.2. The Morgan fingerprint density at radius 3 is 2.57 bits per heavy atom. The molecule has 4 rings (SSSR count). The van der Waals surface area contributed by atoms with E-state index < -0.39 is 0 Å². The van der Waals surface area contributed by atoms with Crippen LogP contribution >= 0.6 is 27.3 Å². The highest BCUT2D eigenvalue weighted by atomic mass is 79.9. The first-order valence-electron chi connectivity index (χ1n) is 8.87. The van der Waals surface area contributed by atoms with E-state index in [4.69, 9.17) is 0 Å². The molecule has 0 atom stereocenters. The van der Waals surface area contributed by atoms with Crippen molar-refractivity contribution >= 4 is 38.6 Å². The fourth-order valence-electron chi connectivity index (χ4n) is 3.13. The molecule has 2 heterocycles. The van der Waals surface area contributed by atoms with Gasteiger partial charge in [-0.25, -0.2) is 4.98 Å². The third-order valence-corrected chi connectivity index (χ3v) is 5.77.